The molecule has 0 saturated carbocycles. The van der Waals surface area contributed by atoms with E-state index in [1.807, 2.05) is 0 Å². The van der Waals surface area contributed by atoms with Crippen molar-refractivity contribution in [3.63, 3.8) is 0 Å². The number of nitrogens with one attached hydrogen (secondary N) is 2. The molecule has 0 unspecified atom stereocenters. The summed E-state index contributed by atoms with van der Waals surface area (Å²) in [6.07, 6.45) is -35.1. The van der Waals surface area contributed by atoms with Crippen LogP contribution in [0, 0.1) is 0 Å². The molecule has 0 aromatic rings. The van der Waals surface area contributed by atoms with Gasteiger partial charge in [-0.05, 0) is 6.92 Å². The molecule has 0 spiro atoms. The highest BCUT2D eigenvalue weighted by Gasteiger charge is 2.60. The molecule has 2 amide bonds. The predicted molar refractivity (Wildman–Crippen MR) is 173 cm³/mol. The molecule has 4 aliphatic rings. The molecule has 4 rings (SSSR count). The van der Waals surface area contributed by atoms with Crippen molar-refractivity contribution in [2.45, 2.75) is 155 Å². The number of ether oxygens (including phenoxy) is 7. The number of carboxylic acids is 1. The molecule has 324 valence electrons. The smallest absolute Gasteiger partial charge is 0.364 e. The molecule has 0 aromatic carbocycles. The Kier molecular flexibility index (Phi) is 15.8. The summed E-state index contributed by atoms with van der Waals surface area (Å²) in [5.41, 5.74) is 0. The van der Waals surface area contributed by atoms with Crippen molar-refractivity contribution in [1.82, 2.24) is 10.6 Å². The molecule has 0 aromatic heterocycles. The number of carbonyl (C=O) groups excluding carboxylic acids is 2. The first kappa shape index (κ1) is 46.3. The average Bonchev–Trinajstić information content (AvgIpc) is 3.14. The monoisotopic (exact) mass is 820 g/mol. The summed E-state index contributed by atoms with van der Waals surface area (Å²) in [4.78, 5) is 37.0. The summed E-state index contributed by atoms with van der Waals surface area (Å²) in [6.45, 7) is 0.283. The van der Waals surface area contributed by atoms with Gasteiger partial charge in [0.05, 0.1) is 38.1 Å². The van der Waals surface area contributed by atoms with Crippen LogP contribution in [-0.2, 0) is 47.5 Å². The number of carbonyl (C=O) groups is 3. The van der Waals surface area contributed by atoms with Crippen molar-refractivity contribution in [2.24, 2.45) is 0 Å². The van der Waals surface area contributed by atoms with Crippen LogP contribution in [0.1, 0.15) is 27.2 Å². The predicted octanol–water partition coefficient (Wildman–Crippen LogP) is -9.23. The molecule has 0 bridgehead atoms. The summed E-state index contributed by atoms with van der Waals surface area (Å²) in [5.74, 6) is -6.69. The molecule has 4 aliphatic heterocycles. The fourth-order valence-electron chi connectivity index (χ4n) is 6.99. The second-order valence-corrected chi connectivity index (χ2v) is 14.0. The van der Waals surface area contributed by atoms with Gasteiger partial charge >= 0.3 is 5.97 Å². The van der Waals surface area contributed by atoms with Gasteiger partial charge in [-0.1, -0.05) is 0 Å². The molecule has 25 heteroatoms. The van der Waals surface area contributed by atoms with E-state index in [9.17, 15) is 80.8 Å². The van der Waals surface area contributed by atoms with Gasteiger partial charge in [-0.15, -0.1) is 0 Å². The lowest BCUT2D eigenvalue weighted by atomic mass is 9.88. The Morgan fingerprint density at radius 1 is 0.732 bits per heavy atom. The van der Waals surface area contributed by atoms with Gasteiger partial charge in [-0.25, -0.2) is 4.79 Å². The third kappa shape index (κ3) is 9.74. The highest BCUT2D eigenvalue weighted by atomic mass is 16.8. The Balaban J connectivity index is 1.71. The maximum Gasteiger partial charge on any atom is 0.364 e. The summed E-state index contributed by atoms with van der Waals surface area (Å²) >= 11 is 0. The van der Waals surface area contributed by atoms with E-state index in [-0.39, 0.29) is 0 Å². The van der Waals surface area contributed by atoms with E-state index in [1.54, 1.807) is 0 Å². The van der Waals surface area contributed by atoms with Gasteiger partial charge in [0, 0.05) is 20.3 Å². The van der Waals surface area contributed by atoms with Crippen molar-refractivity contribution >= 4 is 17.8 Å². The first-order valence-corrected chi connectivity index (χ1v) is 17.6. The molecule has 25 nitrogen and oxygen atoms in total. The molecule has 4 fully saturated rings. The van der Waals surface area contributed by atoms with E-state index in [0.717, 1.165) is 13.8 Å². The van der Waals surface area contributed by atoms with Gasteiger partial charge < -0.3 is 110 Å². The molecule has 21 atom stereocenters. The van der Waals surface area contributed by atoms with Crippen molar-refractivity contribution in [1.29, 1.82) is 0 Å². The minimum absolute atomic E-state index is 0.767. The average molecular weight is 821 g/mol. The summed E-state index contributed by atoms with van der Waals surface area (Å²) in [5, 5.41) is 142. The van der Waals surface area contributed by atoms with Crippen molar-refractivity contribution in [3.8, 4) is 0 Å². The fourth-order valence-corrected chi connectivity index (χ4v) is 6.99. The lowest BCUT2D eigenvalue weighted by Gasteiger charge is -2.51. The Labute approximate surface area is 317 Å². The lowest BCUT2D eigenvalue weighted by Crippen LogP contribution is -2.71. The van der Waals surface area contributed by atoms with E-state index in [2.05, 4.69) is 10.6 Å². The van der Waals surface area contributed by atoms with Gasteiger partial charge in [0.25, 0.3) is 5.79 Å². The number of carboxylic acid groups (broad SMARTS) is 1. The summed E-state index contributed by atoms with van der Waals surface area (Å²) in [6, 6.07) is -3.22. The van der Waals surface area contributed by atoms with Crippen molar-refractivity contribution < 1.29 is 114 Å². The second kappa shape index (κ2) is 19.1. The van der Waals surface area contributed by atoms with E-state index in [0.29, 0.717) is 0 Å². The van der Waals surface area contributed by atoms with Crippen LogP contribution in [0.3, 0.4) is 0 Å². The first-order valence-electron chi connectivity index (χ1n) is 17.6. The number of aliphatic carboxylic acids is 1. The summed E-state index contributed by atoms with van der Waals surface area (Å²) in [7, 11) is 0. The highest BCUT2D eigenvalue weighted by Crippen LogP contribution is 2.39. The van der Waals surface area contributed by atoms with Gasteiger partial charge in [-0.2, -0.15) is 0 Å². The zero-order valence-corrected chi connectivity index (χ0v) is 30.3. The van der Waals surface area contributed by atoms with E-state index < -0.39 is 172 Å². The van der Waals surface area contributed by atoms with Gasteiger partial charge in [0.1, 0.15) is 85.4 Å². The van der Waals surface area contributed by atoms with Crippen LogP contribution in [0.4, 0.5) is 0 Å². The van der Waals surface area contributed by atoms with E-state index in [4.69, 9.17) is 33.2 Å². The fraction of sp³-hybridized carbons (Fsp3) is 0.903. The minimum atomic E-state index is -3.12. The molecule has 15 N–H and O–H groups in total. The number of aliphatic hydroxyl groups excluding tert-OH is 12. The number of rotatable bonds is 14. The van der Waals surface area contributed by atoms with Crippen LogP contribution in [0.2, 0.25) is 0 Å². The largest absolute Gasteiger partial charge is 0.477 e. The summed E-state index contributed by atoms with van der Waals surface area (Å²) < 4.78 is 39.7. The number of aliphatic hydroxyl groups is 12. The van der Waals surface area contributed by atoms with Crippen LogP contribution >= 0.6 is 0 Å². The molecular formula is C31H52N2O23. The zero-order chi connectivity index (χ0) is 42.0. The molecule has 0 radical (unpaired) electrons. The third-order valence-corrected chi connectivity index (χ3v) is 9.94. The van der Waals surface area contributed by atoms with E-state index in [1.165, 1.54) is 6.92 Å². The third-order valence-electron chi connectivity index (χ3n) is 9.94. The number of hydrogen-bond acceptors (Lipinski definition) is 22. The Hall–Kier alpha value is -2.35. The normalized spacial score (nSPS) is 45.7. The zero-order valence-electron chi connectivity index (χ0n) is 30.3. The van der Waals surface area contributed by atoms with Crippen molar-refractivity contribution in [3.05, 3.63) is 0 Å². The molecule has 4 heterocycles. The molecule has 4 saturated heterocycles. The number of amides is 2. The van der Waals surface area contributed by atoms with Crippen LogP contribution < -0.4 is 10.6 Å². The Morgan fingerprint density at radius 2 is 1.30 bits per heavy atom. The van der Waals surface area contributed by atoms with Crippen LogP contribution in [-0.4, -0.2) is 232 Å². The first-order chi connectivity index (χ1) is 26.2. The van der Waals surface area contributed by atoms with Crippen LogP contribution in [0.5, 0.6) is 0 Å². The van der Waals surface area contributed by atoms with Gasteiger partial charge in [0.15, 0.2) is 18.9 Å². The Morgan fingerprint density at radius 3 is 1.86 bits per heavy atom. The SMILES string of the molecule is CC(=O)N[C@@H]1[C@@H](O[C@@H]2O[C@@H](C)[C@@H](O)[C@@H](O)[C@@H]2O)[C@H](O[C@@H]2O[C@H](CO)[C@H](O)[C@H](O[C@]3(C(=O)O)C[C@H](O)[C@@H](NC(C)=O)[C@H]([C@H](O)[C@H](O)CO)O3)[C@H]2O)[C@@H](CO)O[C@H]1O. The number of hydrogen-bond donors (Lipinski definition) is 15. The molecule has 0 aliphatic carbocycles. The molecular weight excluding hydrogens is 768 g/mol. The van der Waals surface area contributed by atoms with Crippen LogP contribution in [0.25, 0.3) is 0 Å². The quantitative estimate of drug-likeness (QED) is 0.0773. The van der Waals surface area contributed by atoms with Crippen molar-refractivity contribution in [2.75, 3.05) is 19.8 Å². The topological polar surface area (TPSA) is 403 Å². The minimum Gasteiger partial charge on any atom is -0.477 e. The standard InChI is InChI=1S/C31H52N2O23/c1-8-17(41)20(44)21(45)28(50-8)54-25-16(33-10(3)38)27(47)51-14(7-36)23(25)53-29-22(46)26(19(43)13(6-35)52-29)56-31(30(48)49)4-11(39)15(32-9(2)37)24(55-31)18(42)12(40)5-34/h8,11-29,34-36,39-47H,4-7H2,1-3H3,(H,32,37)(H,33,38)(H,48,49)/t8-,11-,12+,13+,14+,15+,16+,17+,18+,19-,20+,21-,22+,23+,24+,25+,26-,27+,28-,29-,31-/m0/s1. The maximum absolute atomic E-state index is 12.9. The Bertz CT molecular complexity index is 1330. The second-order valence-electron chi connectivity index (χ2n) is 14.0. The van der Waals surface area contributed by atoms with Crippen LogP contribution in [0.15, 0.2) is 0 Å². The lowest BCUT2D eigenvalue weighted by molar-refractivity contribution is -0.390. The van der Waals surface area contributed by atoms with Gasteiger partial charge in [0.2, 0.25) is 11.8 Å². The maximum atomic E-state index is 12.9. The highest BCUT2D eigenvalue weighted by molar-refractivity contribution is 5.76. The molecule has 56 heavy (non-hydrogen) atoms. The van der Waals surface area contributed by atoms with Gasteiger partial charge in [-0.3, -0.25) is 9.59 Å². The van der Waals surface area contributed by atoms with E-state index >= 15 is 0 Å².